The Labute approximate surface area is 184 Å². The highest BCUT2D eigenvalue weighted by atomic mass is 32.2. The lowest BCUT2D eigenvalue weighted by Gasteiger charge is -2.05. The van der Waals surface area contributed by atoms with Crippen molar-refractivity contribution in [3.8, 4) is 0 Å². The molecule has 3 aromatic rings. The van der Waals surface area contributed by atoms with E-state index >= 15 is 0 Å². The molecule has 0 aliphatic rings. The average molecular weight is 461 g/mol. The highest BCUT2D eigenvalue weighted by Crippen LogP contribution is 2.19. The Kier molecular flexibility index (Phi) is 7.40. The zero-order valence-corrected chi connectivity index (χ0v) is 19.0. The molecule has 3 rings (SSSR count). The van der Waals surface area contributed by atoms with Crippen molar-refractivity contribution in [2.75, 3.05) is 12.4 Å². The molecule has 1 amide bonds. The molecule has 0 saturated carbocycles. The van der Waals surface area contributed by atoms with Crippen molar-refractivity contribution in [1.29, 1.82) is 0 Å². The molecule has 0 unspecified atom stereocenters. The molecule has 1 heterocycles. The van der Waals surface area contributed by atoms with Crippen molar-refractivity contribution >= 4 is 43.3 Å². The van der Waals surface area contributed by atoms with Crippen molar-refractivity contribution in [2.24, 2.45) is 4.99 Å². The van der Waals surface area contributed by atoms with Gasteiger partial charge < -0.3 is 9.30 Å². The van der Waals surface area contributed by atoms with Gasteiger partial charge >= 0.3 is 5.97 Å². The van der Waals surface area contributed by atoms with Gasteiger partial charge in [-0.1, -0.05) is 47.7 Å². The van der Waals surface area contributed by atoms with E-state index in [9.17, 15) is 18.0 Å². The molecule has 0 radical (unpaired) electrons. The second-order valence-corrected chi connectivity index (χ2v) is 10.3. The van der Waals surface area contributed by atoms with Crippen LogP contribution in [0.25, 0.3) is 10.2 Å². The lowest BCUT2D eigenvalue weighted by atomic mass is 10.2. The summed E-state index contributed by atoms with van der Waals surface area (Å²) in [6, 6.07) is 14.6. The molecule has 164 valence electrons. The van der Waals surface area contributed by atoms with Crippen molar-refractivity contribution in [1.82, 2.24) is 4.57 Å². The molecule has 31 heavy (non-hydrogen) atoms. The number of benzene rings is 2. The summed E-state index contributed by atoms with van der Waals surface area (Å²) < 4.78 is 32.3. The van der Waals surface area contributed by atoms with Crippen LogP contribution in [0.4, 0.5) is 0 Å². The monoisotopic (exact) mass is 460 g/mol. The largest absolute Gasteiger partial charge is 0.465 e. The number of fused-ring (bicyclic) bond motifs is 1. The quantitative estimate of drug-likeness (QED) is 0.482. The second kappa shape index (κ2) is 10.0. The van der Waals surface area contributed by atoms with Crippen LogP contribution in [0, 0.1) is 6.92 Å². The summed E-state index contributed by atoms with van der Waals surface area (Å²) in [5, 5.41) is 0. The zero-order chi connectivity index (χ0) is 22.4. The number of aryl methyl sites for hydroxylation is 1. The average Bonchev–Trinajstić information content (AvgIpc) is 3.03. The molecule has 9 heteroatoms. The number of carbonyl (C=O) groups excluding carboxylic acids is 2. The minimum Gasteiger partial charge on any atom is -0.465 e. The minimum absolute atomic E-state index is 0.0741. The molecule has 0 saturated heterocycles. The molecular formula is C22H24N2O5S2. The van der Waals surface area contributed by atoms with Crippen LogP contribution in [0.3, 0.4) is 0 Å². The van der Waals surface area contributed by atoms with Gasteiger partial charge in [-0.05, 0) is 37.1 Å². The fourth-order valence-electron chi connectivity index (χ4n) is 3.06. The van der Waals surface area contributed by atoms with Gasteiger partial charge in [-0.3, -0.25) is 9.59 Å². The van der Waals surface area contributed by atoms with E-state index in [0.717, 1.165) is 15.8 Å². The molecule has 0 atom stereocenters. The van der Waals surface area contributed by atoms with Crippen molar-refractivity contribution in [3.63, 3.8) is 0 Å². The number of hydrogen-bond acceptors (Lipinski definition) is 6. The summed E-state index contributed by atoms with van der Waals surface area (Å²) in [4.78, 5) is 29.0. The Balaban J connectivity index is 1.82. The Morgan fingerprint density at radius 3 is 2.58 bits per heavy atom. The van der Waals surface area contributed by atoms with Crippen molar-refractivity contribution in [2.45, 2.75) is 32.6 Å². The van der Waals surface area contributed by atoms with Gasteiger partial charge in [0.25, 0.3) is 0 Å². The molecule has 1 aromatic heterocycles. The minimum atomic E-state index is -3.45. The summed E-state index contributed by atoms with van der Waals surface area (Å²) in [7, 11) is -3.45. The smallest absolute Gasteiger partial charge is 0.326 e. The van der Waals surface area contributed by atoms with Gasteiger partial charge in [0.2, 0.25) is 5.91 Å². The van der Waals surface area contributed by atoms with E-state index in [1.807, 2.05) is 31.2 Å². The van der Waals surface area contributed by atoms with Crippen LogP contribution in [0.5, 0.6) is 0 Å². The summed E-state index contributed by atoms with van der Waals surface area (Å²) in [5.74, 6) is -1.38. The highest BCUT2D eigenvalue weighted by Gasteiger charge is 2.16. The first-order chi connectivity index (χ1) is 14.8. The summed E-state index contributed by atoms with van der Waals surface area (Å²) >= 11 is 1.28. The number of hydrogen-bond donors (Lipinski definition) is 0. The predicted octanol–water partition coefficient (Wildman–Crippen LogP) is 3.01. The van der Waals surface area contributed by atoms with Gasteiger partial charge in [0.1, 0.15) is 6.54 Å². The van der Waals surface area contributed by atoms with E-state index < -0.39 is 21.7 Å². The topological polar surface area (TPSA) is 94.8 Å². The van der Waals surface area contributed by atoms with Crippen LogP contribution in [-0.2, 0) is 36.5 Å². The fourth-order valence-corrected chi connectivity index (χ4v) is 5.54. The summed E-state index contributed by atoms with van der Waals surface area (Å²) in [6.45, 7) is 3.86. The molecule has 0 aliphatic carbocycles. The first-order valence-corrected chi connectivity index (χ1v) is 12.5. The number of amides is 1. The number of nitrogens with zero attached hydrogens (tertiary/aromatic N) is 2. The number of thiazole rings is 1. The molecule has 0 spiro atoms. The molecule has 0 aliphatic heterocycles. The van der Waals surface area contributed by atoms with E-state index in [-0.39, 0.29) is 31.1 Å². The maximum Gasteiger partial charge on any atom is 0.326 e. The summed E-state index contributed by atoms with van der Waals surface area (Å²) in [6.07, 6.45) is -0.220. The summed E-state index contributed by atoms with van der Waals surface area (Å²) in [5.41, 5.74) is 2.49. The van der Waals surface area contributed by atoms with Crippen LogP contribution in [-0.4, -0.2) is 37.2 Å². The Bertz CT molecular complexity index is 1260. The van der Waals surface area contributed by atoms with Gasteiger partial charge in [-0.25, -0.2) is 8.42 Å². The van der Waals surface area contributed by atoms with E-state index in [1.165, 1.54) is 11.3 Å². The van der Waals surface area contributed by atoms with Crippen molar-refractivity contribution in [3.05, 3.63) is 64.5 Å². The third kappa shape index (κ3) is 6.35. The first-order valence-electron chi connectivity index (χ1n) is 9.85. The zero-order valence-electron chi connectivity index (χ0n) is 17.4. The molecule has 7 nitrogen and oxygen atoms in total. The SMILES string of the molecule is CCOC(=O)Cn1c(=NC(=O)CCS(=O)(=O)Cc2ccccc2)sc2cc(C)ccc21. The second-order valence-electron chi connectivity index (χ2n) is 7.08. The van der Waals surface area contributed by atoms with E-state index in [4.69, 9.17) is 4.74 Å². The Hall–Kier alpha value is -2.78. The predicted molar refractivity (Wildman–Crippen MR) is 120 cm³/mol. The molecule has 2 aromatic carbocycles. The van der Waals surface area contributed by atoms with Gasteiger partial charge in [-0.2, -0.15) is 4.99 Å². The van der Waals surface area contributed by atoms with Crippen LogP contribution in [0.1, 0.15) is 24.5 Å². The Morgan fingerprint density at radius 1 is 1.13 bits per heavy atom. The van der Waals surface area contributed by atoms with Crippen LogP contribution >= 0.6 is 11.3 Å². The maximum atomic E-state index is 12.5. The normalized spacial score (nSPS) is 12.3. The number of sulfone groups is 1. The molecule has 0 N–H and O–H groups in total. The van der Waals surface area contributed by atoms with Crippen molar-refractivity contribution < 1.29 is 22.7 Å². The highest BCUT2D eigenvalue weighted by molar-refractivity contribution is 7.90. The van der Waals surface area contributed by atoms with Crippen LogP contribution < -0.4 is 4.80 Å². The van der Waals surface area contributed by atoms with Gasteiger partial charge in [0.05, 0.1) is 28.3 Å². The maximum absolute atomic E-state index is 12.5. The van der Waals surface area contributed by atoms with Crippen LogP contribution in [0.15, 0.2) is 53.5 Å². The van der Waals surface area contributed by atoms with Gasteiger partial charge in [0.15, 0.2) is 14.6 Å². The number of carbonyl (C=O) groups is 2. The van der Waals surface area contributed by atoms with Crippen LogP contribution in [0.2, 0.25) is 0 Å². The lowest BCUT2D eigenvalue weighted by Crippen LogP contribution is -2.23. The fraction of sp³-hybridized carbons (Fsp3) is 0.318. The number of esters is 1. The first kappa shape index (κ1) is 22.9. The van der Waals surface area contributed by atoms with E-state index in [2.05, 4.69) is 4.99 Å². The third-order valence-corrected chi connectivity index (χ3v) is 7.15. The molecular weight excluding hydrogens is 436 g/mol. The Morgan fingerprint density at radius 2 is 1.87 bits per heavy atom. The van der Waals surface area contributed by atoms with E-state index in [0.29, 0.717) is 10.4 Å². The number of ether oxygens (including phenoxy) is 1. The molecule has 0 bridgehead atoms. The standard InChI is InChI=1S/C22H24N2O5S2/c1-3-29-21(26)14-24-18-10-9-16(2)13-19(18)30-22(24)23-20(25)11-12-31(27,28)15-17-7-5-4-6-8-17/h4-10,13H,3,11-12,14-15H2,1-2H3. The van der Waals surface area contributed by atoms with Gasteiger partial charge in [0, 0.05) is 6.42 Å². The van der Waals surface area contributed by atoms with E-state index in [1.54, 1.807) is 35.8 Å². The lowest BCUT2D eigenvalue weighted by molar-refractivity contribution is -0.143. The number of aromatic nitrogens is 1. The third-order valence-electron chi connectivity index (χ3n) is 4.51. The van der Waals surface area contributed by atoms with Gasteiger partial charge in [-0.15, -0.1) is 0 Å². The number of rotatable bonds is 8. The molecule has 0 fully saturated rings.